The van der Waals surface area contributed by atoms with E-state index in [-0.39, 0.29) is 11.3 Å². The lowest BCUT2D eigenvalue weighted by Crippen LogP contribution is -2.31. The number of amides is 1. The van der Waals surface area contributed by atoms with Crippen LogP contribution in [0.25, 0.3) is 5.76 Å². The number of likely N-dealkylation sites (tertiary alicyclic amines) is 1. The van der Waals surface area contributed by atoms with Gasteiger partial charge in [-0.15, -0.1) is 0 Å². The van der Waals surface area contributed by atoms with E-state index < -0.39 is 17.7 Å². The van der Waals surface area contributed by atoms with E-state index in [9.17, 15) is 14.7 Å². The molecule has 0 bridgehead atoms. The maximum Gasteiger partial charge on any atom is 0.295 e. The van der Waals surface area contributed by atoms with Crippen LogP contribution in [0.5, 0.6) is 11.5 Å². The number of ketones is 1. The van der Waals surface area contributed by atoms with Gasteiger partial charge >= 0.3 is 0 Å². The summed E-state index contributed by atoms with van der Waals surface area (Å²) in [7, 11) is 1.59. The standard InChI is InChI=1S/C27H33NO6/c1-5-15-34-22-13-10-20(17-18(22)3)25(29)23-24(19-8-11-21(12-9-19)33-6-2)28(14-7-16-32-4)27(31)26(23)30/h8-13,17,24,29H,5-7,14-16H2,1-4H3/b25-23-. The van der Waals surface area contributed by atoms with Crippen LogP contribution in [0.3, 0.4) is 0 Å². The lowest BCUT2D eigenvalue weighted by molar-refractivity contribution is -0.140. The molecule has 1 amide bonds. The maximum absolute atomic E-state index is 13.1. The van der Waals surface area contributed by atoms with E-state index >= 15 is 0 Å². The molecule has 0 aromatic heterocycles. The van der Waals surface area contributed by atoms with E-state index in [4.69, 9.17) is 14.2 Å². The first-order valence-electron chi connectivity index (χ1n) is 11.7. The summed E-state index contributed by atoms with van der Waals surface area (Å²) < 4.78 is 16.4. The molecule has 1 atom stereocenters. The van der Waals surface area contributed by atoms with Gasteiger partial charge in [-0.05, 0) is 68.1 Å². The normalized spacial score (nSPS) is 17.3. The highest BCUT2D eigenvalue weighted by molar-refractivity contribution is 6.46. The van der Waals surface area contributed by atoms with Gasteiger partial charge in [0.1, 0.15) is 17.3 Å². The number of aliphatic hydroxyl groups is 1. The van der Waals surface area contributed by atoms with Gasteiger partial charge in [-0.2, -0.15) is 0 Å². The number of hydrogen-bond donors (Lipinski definition) is 1. The number of nitrogens with zero attached hydrogens (tertiary/aromatic N) is 1. The fourth-order valence-corrected chi connectivity index (χ4v) is 4.08. The number of aliphatic hydroxyl groups excluding tert-OH is 1. The Morgan fingerprint density at radius 3 is 2.38 bits per heavy atom. The molecule has 0 spiro atoms. The van der Waals surface area contributed by atoms with Gasteiger partial charge in [0, 0.05) is 25.8 Å². The first kappa shape index (κ1) is 25.3. The zero-order valence-electron chi connectivity index (χ0n) is 20.3. The predicted octanol–water partition coefficient (Wildman–Crippen LogP) is 4.64. The zero-order chi connectivity index (χ0) is 24.7. The molecular weight excluding hydrogens is 434 g/mol. The van der Waals surface area contributed by atoms with Crippen molar-refractivity contribution in [3.05, 3.63) is 64.7 Å². The van der Waals surface area contributed by atoms with Gasteiger partial charge in [0.05, 0.1) is 24.8 Å². The van der Waals surface area contributed by atoms with Gasteiger partial charge in [-0.25, -0.2) is 0 Å². The molecule has 34 heavy (non-hydrogen) atoms. The molecule has 7 nitrogen and oxygen atoms in total. The Balaban J connectivity index is 2.06. The number of carbonyl (C=O) groups excluding carboxylic acids is 2. The molecule has 2 aromatic carbocycles. The Hall–Kier alpha value is -3.32. The highest BCUT2D eigenvalue weighted by Crippen LogP contribution is 2.40. The number of Topliss-reactive ketones (excluding diaryl/α,β-unsaturated/α-hetero) is 1. The lowest BCUT2D eigenvalue weighted by Gasteiger charge is -2.25. The molecule has 0 saturated carbocycles. The predicted molar refractivity (Wildman–Crippen MR) is 130 cm³/mol. The van der Waals surface area contributed by atoms with Crippen LogP contribution in [0.15, 0.2) is 48.0 Å². The first-order chi connectivity index (χ1) is 16.4. The molecule has 7 heteroatoms. The maximum atomic E-state index is 13.1. The summed E-state index contributed by atoms with van der Waals surface area (Å²) in [5.41, 5.74) is 2.10. The fraction of sp³-hybridized carbons (Fsp3) is 0.407. The summed E-state index contributed by atoms with van der Waals surface area (Å²) >= 11 is 0. The molecular formula is C27H33NO6. The van der Waals surface area contributed by atoms with E-state index in [2.05, 4.69) is 0 Å². The molecule has 1 saturated heterocycles. The van der Waals surface area contributed by atoms with Crippen molar-refractivity contribution in [3.63, 3.8) is 0 Å². The smallest absolute Gasteiger partial charge is 0.295 e. The van der Waals surface area contributed by atoms with Gasteiger partial charge in [0.2, 0.25) is 0 Å². The molecule has 1 aliphatic heterocycles. The SMILES string of the molecule is CCCOc1ccc(/C(O)=C2/C(=O)C(=O)N(CCCOC)C2c2ccc(OCC)cc2)cc1C. The van der Waals surface area contributed by atoms with E-state index in [1.54, 1.807) is 37.4 Å². The minimum absolute atomic E-state index is 0.0770. The third kappa shape index (κ3) is 5.42. The monoisotopic (exact) mass is 467 g/mol. The van der Waals surface area contributed by atoms with E-state index in [1.165, 1.54) is 4.90 Å². The Morgan fingerprint density at radius 2 is 1.76 bits per heavy atom. The van der Waals surface area contributed by atoms with Gasteiger partial charge in [-0.1, -0.05) is 19.1 Å². The number of carbonyl (C=O) groups is 2. The Kier molecular flexibility index (Phi) is 8.71. The average Bonchev–Trinajstić information content (AvgIpc) is 3.08. The zero-order valence-corrected chi connectivity index (χ0v) is 20.3. The van der Waals surface area contributed by atoms with Crippen molar-refractivity contribution in [1.29, 1.82) is 0 Å². The van der Waals surface area contributed by atoms with Crippen molar-refractivity contribution in [3.8, 4) is 11.5 Å². The van der Waals surface area contributed by atoms with Crippen molar-refractivity contribution < 1.29 is 28.9 Å². The highest BCUT2D eigenvalue weighted by atomic mass is 16.5. The van der Waals surface area contributed by atoms with Crippen LogP contribution in [0.2, 0.25) is 0 Å². The lowest BCUT2D eigenvalue weighted by atomic mass is 9.94. The van der Waals surface area contributed by atoms with Crippen LogP contribution in [-0.2, 0) is 14.3 Å². The Labute approximate surface area is 200 Å². The van der Waals surface area contributed by atoms with Crippen LogP contribution in [-0.4, -0.2) is 55.2 Å². The quantitative estimate of drug-likeness (QED) is 0.224. The summed E-state index contributed by atoms with van der Waals surface area (Å²) in [4.78, 5) is 27.6. The molecule has 1 N–H and O–H groups in total. The number of benzene rings is 2. The highest BCUT2D eigenvalue weighted by Gasteiger charge is 2.45. The number of aryl methyl sites for hydroxylation is 1. The second kappa shape index (κ2) is 11.7. The second-order valence-corrected chi connectivity index (χ2v) is 8.17. The van der Waals surface area contributed by atoms with Crippen molar-refractivity contribution in [1.82, 2.24) is 4.90 Å². The number of methoxy groups -OCH3 is 1. The van der Waals surface area contributed by atoms with E-state index in [0.717, 1.165) is 23.3 Å². The Morgan fingerprint density at radius 1 is 1.03 bits per heavy atom. The molecule has 182 valence electrons. The third-order valence-corrected chi connectivity index (χ3v) is 5.70. The molecule has 1 unspecified atom stereocenters. The third-order valence-electron chi connectivity index (χ3n) is 5.70. The van der Waals surface area contributed by atoms with Crippen LogP contribution in [0.1, 0.15) is 49.4 Å². The molecule has 0 radical (unpaired) electrons. The van der Waals surface area contributed by atoms with Gasteiger partial charge < -0.3 is 24.2 Å². The average molecular weight is 468 g/mol. The molecule has 1 aliphatic rings. The summed E-state index contributed by atoms with van der Waals surface area (Å²) in [6.07, 6.45) is 1.45. The topological polar surface area (TPSA) is 85.3 Å². The van der Waals surface area contributed by atoms with Gasteiger partial charge in [0.25, 0.3) is 11.7 Å². The summed E-state index contributed by atoms with van der Waals surface area (Å²) in [6.45, 7) is 7.73. The Bertz CT molecular complexity index is 1040. The van der Waals surface area contributed by atoms with Gasteiger partial charge in [0.15, 0.2) is 0 Å². The van der Waals surface area contributed by atoms with Crippen molar-refractivity contribution in [2.45, 2.75) is 39.7 Å². The summed E-state index contributed by atoms with van der Waals surface area (Å²) in [6, 6.07) is 11.8. The van der Waals surface area contributed by atoms with Crippen molar-refractivity contribution in [2.75, 3.05) is 33.5 Å². The largest absolute Gasteiger partial charge is 0.507 e. The summed E-state index contributed by atoms with van der Waals surface area (Å²) in [5, 5.41) is 11.2. The van der Waals surface area contributed by atoms with E-state index in [0.29, 0.717) is 44.1 Å². The summed E-state index contributed by atoms with van der Waals surface area (Å²) in [5.74, 6) is -0.104. The minimum atomic E-state index is -0.705. The molecule has 2 aromatic rings. The van der Waals surface area contributed by atoms with Crippen molar-refractivity contribution >= 4 is 17.4 Å². The first-order valence-corrected chi connectivity index (χ1v) is 11.7. The van der Waals surface area contributed by atoms with Crippen LogP contribution >= 0.6 is 0 Å². The second-order valence-electron chi connectivity index (χ2n) is 8.17. The van der Waals surface area contributed by atoms with E-state index in [1.807, 2.05) is 32.9 Å². The number of hydrogen-bond acceptors (Lipinski definition) is 6. The number of ether oxygens (including phenoxy) is 3. The molecule has 0 aliphatic carbocycles. The number of rotatable bonds is 11. The van der Waals surface area contributed by atoms with Crippen LogP contribution in [0, 0.1) is 6.92 Å². The van der Waals surface area contributed by atoms with Crippen LogP contribution < -0.4 is 9.47 Å². The fourth-order valence-electron chi connectivity index (χ4n) is 4.08. The van der Waals surface area contributed by atoms with Gasteiger partial charge in [-0.3, -0.25) is 9.59 Å². The molecule has 1 heterocycles. The van der Waals surface area contributed by atoms with Crippen molar-refractivity contribution in [2.24, 2.45) is 0 Å². The molecule has 3 rings (SSSR count). The molecule has 1 fully saturated rings. The van der Waals surface area contributed by atoms with Crippen LogP contribution in [0.4, 0.5) is 0 Å². The minimum Gasteiger partial charge on any atom is -0.507 e.